The number of rotatable bonds is 6. The van der Waals surface area contributed by atoms with E-state index in [4.69, 9.17) is 20.9 Å². The van der Waals surface area contributed by atoms with E-state index in [0.29, 0.717) is 18.9 Å². The zero-order valence-corrected chi connectivity index (χ0v) is 17.3. The minimum atomic E-state index is -3.68. The lowest BCUT2D eigenvalue weighted by atomic mass is 10.2. The summed E-state index contributed by atoms with van der Waals surface area (Å²) in [4.78, 5) is 16.6. The Labute approximate surface area is 168 Å². The monoisotopic (exact) mass is 427 g/mol. The fourth-order valence-electron chi connectivity index (χ4n) is 2.84. The molecule has 28 heavy (non-hydrogen) atoms. The number of hydrogen-bond acceptors (Lipinski definition) is 7. The van der Waals surface area contributed by atoms with Gasteiger partial charge in [0.15, 0.2) is 12.4 Å². The normalized spacial score (nSPS) is 15.7. The second-order valence-electron chi connectivity index (χ2n) is 6.88. The van der Waals surface area contributed by atoms with E-state index in [2.05, 4.69) is 10.1 Å². The third-order valence-electron chi connectivity index (χ3n) is 4.44. The van der Waals surface area contributed by atoms with Crippen LogP contribution < -0.4 is 0 Å². The molecule has 0 bridgehead atoms. The predicted octanol–water partition coefficient (Wildman–Crippen LogP) is 3.38. The van der Waals surface area contributed by atoms with Crippen molar-refractivity contribution in [3.05, 3.63) is 40.5 Å². The molecule has 0 aliphatic carbocycles. The van der Waals surface area contributed by atoms with Crippen LogP contribution in [0, 0.1) is 0 Å². The first-order chi connectivity index (χ1) is 13.3. The van der Waals surface area contributed by atoms with Gasteiger partial charge in [0.1, 0.15) is 0 Å². The van der Waals surface area contributed by atoms with Gasteiger partial charge in [0.2, 0.25) is 10.0 Å². The second kappa shape index (κ2) is 8.59. The van der Waals surface area contributed by atoms with Crippen LogP contribution in [0.1, 0.15) is 61.1 Å². The lowest BCUT2D eigenvalue weighted by molar-refractivity contribution is 0.0429. The molecule has 1 aliphatic rings. The number of hydrogen-bond donors (Lipinski definition) is 0. The molecule has 0 saturated carbocycles. The maximum Gasteiger partial charge on any atom is 0.340 e. The number of aromatic nitrogens is 2. The van der Waals surface area contributed by atoms with Crippen molar-refractivity contribution < 1.29 is 22.5 Å². The minimum absolute atomic E-state index is 0.0191. The summed E-state index contributed by atoms with van der Waals surface area (Å²) in [5.41, 5.74) is -0.0247. The number of sulfonamides is 1. The Hall–Kier alpha value is -1.97. The second-order valence-corrected chi connectivity index (χ2v) is 9.23. The smallest absolute Gasteiger partial charge is 0.340 e. The molecule has 0 radical (unpaired) electrons. The van der Waals surface area contributed by atoms with E-state index in [9.17, 15) is 13.2 Å². The van der Waals surface area contributed by atoms with Gasteiger partial charge in [-0.25, -0.2) is 13.2 Å². The van der Waals surface area contributed by atoms with E-state index in [-0.39, 0.29) is 33.9 Å². The molecule has 0 atom stereocenters. The fourth-order valence-corrected chi connectivity index (χ4v) is 4.58. The molecule has 0 spiro atoms. The summed E-state index contributed by atoms with van der Waals surface area (Å²) in [6.45, 7) is 4.54. The van der Waals surface area contributed by atoms with Crippen molar-refractivity contribution in [3.8, 4) is 0 Å². The summed E-state index contributed by atoms with van der Waals surface area (Å²) >= 11 is 6.09. The van der Waals surface area contributed by atoms with Gasteiger partial charge in [-0.2, -0.15) is 9.29 Å². The van der Waals surface area contributed by atoms with E-state index in [1.165, 1.54) is 22.5 Å². The van der Waals surface area contributed by atoms with Crippen molar-refractivity contribution in [2.75, 3.05) is 13.1 Å². The number of nitrogens with zero attached hydrogens (tertiary/aromatic N) is 3. The molecular formula is C18H22ClN3O5S. The van der Waals surface area contributed by atoms with Crippen LogP contribution in [-0.4, -0.2) is 41.9 Å². The molecule has 3 rings (SSSR count). The molecule has 0 N–H and O–H groups in total. The van der Waals surface area contributed by atoms with Crippen molar-refractivity contribution in [3.63, 3.8) is 0 Å². The molecule has 1 aromatic carbocycles. The SMILES string of the molecule is CC(C)c1noc(COC(=O)c2cc(S(=O)(=O)N3CCCCC3)ccc2Cl)n1. The van der Waals surface area contributed by atoms with Crippen LogP contribution in [0.5, 0.6) is 0 Å². The molecule has 10 heteroatoms. The number of esters is 1. The molecule has 0 unspecified atom stereocenters. The summed E-state index contributed by atoms with van der Waals surface area (Å²) < 4.78 is 37.3. The largest absolute Gasteiger partial charge is 0.452 e. The van der Waals surface area contributed by atoms with Crippen molar-refractivity contribution in [1.82, 2.24) is 14.4 Å². The minimum Gasteiger partial charge on any atom is -0.452 e. The third-order valence-corrected chi connectivity index (χ3v) is 6.66. The number of ether oxygens (including phenoxy) is 1. The van der Waals surface area contributed by atoms with Crippen molar-refractivity contribution in [2.45, 2.75) is 50.5 Å². The molecular weight excluding hydrogens is 406 g/mol. The van der Waals surface area contributed by atoms with Crippen LogP contribution in [0.4, 0.5) is 0 Å². The Morgan fingerprint density at radius 1 is 1.29 bits per heavy atom. The maximum absolute atomic E-state index is 12.8. The van der Waals surface area contributed by atoms with Crippen LogP contribution in [0.3, 0.4) is 0 Å². The van der Waals surface area contributed by atoms with Crippen LogP contribution >= 0.6 is 11.6 Å². The molecule has 1 aliphatic heterocycles. The zero-order valence-electron chi connectivity index (χ0n) is 15.7. The number of carbonyl (C=O) groups is 1. The van der Waals surface area contributed by atoms with Gasteiger partial charge in [-0.05, 0) is 31.0 Å². The lowest BCUT2D eigenvalue weighted by Gasteiger charge is -2.26. The van der Waals surface area contributed by atoms with Gasteiger partial charge in [0.05, 0.1) is 15.5 Å². The zero-order chi connectivity index (χ0) is 20.3. The number of halogens is 1. The summed E-state index contributed by atoms with van der Waals surface area (Å²) in [7, 11) is -3.68. The van der Waals surface area contributed by atoms with Crippen LogP contribution in [0.25, 0.3) is 0 Å². The molecule has 1 aromatic heterocycles. The molecule has 1 fully saturated rings. The van der Waals surface area contributed by atoms with Gasteiger partial charge in [-0.3, -0.25) is 0 Å². The number of piperidine rings is 1. The molecule has 0 amide bonds. The number of benzene rings is 1. The topological polar surface area (TPSA) is 103 Å². The van der Waals surface area contributed by atoms with Gasteiger partial charge in [0, 0.05) is 19.0 Å². The first-order valence-corrected chi connectivity index (χ1v) is 10.9. The van der Waals surface area contributed by atoms with Crippen molar-refractivity contribution in [2.24, 2.45) is 0 Å². The van der Waals surface area contributed by atoms with Crippen molar-refractivity contribution in [1.29, 1.82) is 0 Å². The molecule has 8 nitrogen and oxygen atoms in total. The molecule has 1 saturated heterocycles. The average molecular weight is 428 g/mol. The van der Waals surface area contributed by atoms with E-state index in [1.807, 2.05) is 13.8 Å². The van der Waals surface area contributed by atoms with Gasteiger partial charge in [0.25, 0.3) is 5.89 Å². The summed E-state index contributed by atoms with van der Waals surface area (Å²) in [5.74, 6) is -0.00622. The number of carbonyl (C=O) groups excluding carboxylic acids is 1. The van der Waals surface area contributed by atoms with Gasteiger partial charge >= 0.3 is 5.97 Å². The quantitative estimate of drug-likeness (QED) is 0.651. The molecule has 152 valence electrons. The van der Waals surface area contributed by atoms with Crippen LogP contribution in [0.15, 0.2) is 27.6 Å². The van der Waals surface area contributed by atoms with E-state index in [1.54, 1.807) is 0 Å². The summed E-state index contributed by atoms with van der Waals surface area (Å²) in [6, 6.07) is 4.04. The third kappa shape index (κ3) is 4.53. The van der Waals surface area contributed by atoms with E-state index in [0.717, 1.165) is 19.3 Å². The predicted molar refractivity (Wildman–Crippen MR) is 102 cm³/mol. The highest BCUT2D eigenvalue weighted by molar-refractivity contribution is 7.89. The first-order valence-electron chi connectivity index (χ1n) is 9.08. The average Bonchev–Trinajstić information content (AvgIpc) is 3.16. The Morgan fingerprint density at radius 2 is 2.00 bits per heavy atom. The lowest BCUT2D eigenvalue weighted by Crippen LogP contribution is -2.35. The van der Waals surface area contributed by atoms with E-state index >= 15 is 0 Å². The van der Waals surface area contributed by atoms with E-state index < -0.39 is 16.0 Å². The Morgan fingerprint density at radius 3 is 2.64 bits per heavy atom. The highest BCUT2D eigenvalue weighted by Crippen LogP contribution is 2.26. The first kappa shape index (κ1) is 20.8. The van der Waals surface area contributed by atoms with Crippen molar-refractivity contribution >= 4 is 27.6 Å². The maximum atomic E-state index is 12.8. The summed E-state index contributed by atoms with van der Waals surface area (Å²) in [5, 5.41) is 3.90. The molecule has 2 heterocycles. The summed E-state index contributed by atoms with van der Waals surface area (Å²) in [6.07, 6.45) is 2.66. The Balaban J connectivity index is 1.75. The highest BCUT2D eigenvalue weighted by atomic mass is 35.5. The Kier molecular flexibility index (Phi) is 6.36. The fraction of sp³-hybridized carbons (Fsp3) is 0.500. The molecule has 2 aromatic rings. The Bertz CT molecular complexity index is 952. The van der Waals surface area contributed by atoms with Gasteiger partial charge in [-0.15, -0.1) is 0 Å². The standard InChI is InChI=1S/C18H22ClN3O5S/c1-12(2)17-20-16(27-21-17)11-26-18(23)14-10-13(6-7-15(14)19)28(24,25)22-8-4-3-5-9-22/h6-7,10,12H,3-5,8-9,11H2,1-2H3. The highest BCUT2D eigenvalue weighted by Gasteiger charge is 2.27. The van der Waals surface area contributed by atoms with Gasteiger partial charge < -0.3 is 9.26 Å². The van der Waals surface area contributed by atoms with Gasteiger partial charge in [-0.1, -0.05) is 37.0 Å². The van der Waals surface area contributed by atoms with Crippen LogP contribution in [-0.2, 0) is 21.4 Å². The van der Waals surface area contributed by atoms with Crippen LogP contribution in [0.2, 0.25) is 5.02 Å².